The van der Waals surface area contributed by atoms with Crippen LogP contribution in [-0.4, -0.2) is 55.4 Å². The van der Waals surface area contributed by atoms with E-state index in [1.54, 1.807) is 50.9 Å². The van der Waals surface area contributed by atoms with Gasteiger partial charge in [0.2, 0.25) is 0 Å². The lowest BCUT2D eigenvalue weighted by Crippen LogP contribution is -2.46. The largest absolute Gasteiger partial charge is 0.493 e. The number of hydrogen-bond acceptors (Lipinski definition) is 6. The zero-order valence-corrected chi connectivity index (χ0v) is 18.4. The number of aromatic nitrogens is 1. The molecule has 1 N–H and O–H groups in total. The van der Waals surface area contributed by atoms with Crippen molar-refractivity contribution in [3.63, 3.8) is 0 Å². The van der Waals surface area contributed by atoms with E-state index in [9.17, 15) is 9.50 Å². The number of pyridine rings is 1. The lowest BCUT2D eigenvalue weighted by molar-refractivity contribution is 0.217. The number of piperazine rings is 1. The average molecular weight is 438 g/mol. The molecule has 1 unspecified atom stereocenters. The van der Waals surface area contributed by atoms with Crippen molar-refractivity contribution in [2.75, 3.05) is 45.3 Å². The van der Waals surface area contributed by atoms with Crippen LogP contribution in [0, 0.1) is 5.82 Å². The molecule has 1 aliphatic rings. The van der Waals surface area contributed by atoms with Crippen LogP contribution in [0.25, 0.3) is 0 Å². The number of nitrogens with zero attached hydrogens (tertiary/aromatic N) is 3. The van der Waals surface area contributed by atoms with Gasteiger partial charge in [-0.2, -0.15) is 0 Å². The molecule has 1 saturated heterocycles. The molecule has 0 bridgehead atoms. The molecule has 2 aromatic carbocycles. The lowest BCUT2D eigenvalue weighted by Gasteiger charge is -2.37. The Balaban J connectivity index is 1.50. The van der Waals surface area contributed by atoms with Crippen LogP contribution < -0.4 is 14.4 Å². The molecule has 4 rings (SSSR count). The first-order chi connectivity index (χ1) is 15.6. The third-order valence-corrected chi connectivity index (χ3v) is 5.88. The van der Waals surface area contributed by atoms with Crippen molar-refractivity contribution in [3.05, 3.63) is 83.4 Å². The molecule has 32 heavy (non-hydrogen) atoms. The maximum Gasteiger partial charge on any atom is 0.165 e. The minimum Gasteiger partial charge on any atom is -0.493 e. The molecule has 2 heterocycles. The van der Waals surface area contributed by atoms with Gasteiger partial charge in [-0.15, -0.1) is 0 Å². The van der Waals surface area contributed by atoms with E-state index >= 15 is 0 Å². The molecule has 1 atom stereocenters. The van der Waals surface area contributed by atoms with Crippen LogP contribution in [0.3, 0.4) is 0 Å². The smallest absolute Gasteiger partial charge is 0.165 e. The monoisotopic (exact) mass is 437 g/mol. The number of benzene rings is 2. The number of anilines is 1. The summed E-state index contributed by atoms with van der Waals surface area (Å²) in [6.07, 6.45) is 2.33. The number of aliphatic hydroxyl groups is 1. The quantitative estimate of drug-likeness (QED) is 0.609. The zero-order chi connectivity index (χ0) is 22.5. The van der Waals surface area contributed by atoms with Crippen LogP contribution in [-0.2, 0) is 6.54 Å². The minimum absolute atomic E-state index is 0.326. The van der Waals surface area contributed by atoms with Gasteiger partial charge in [0.1, 0.15) is 11.9 Å². The molecule has 7 heteroatoms. The third kappa shape index (κ3) is 4.54. The van der Waals surface area contributed by atoms with E-state index in [-0.39, 0.29) is 5.82 Å². The predicted octanol–water partition coefficient (Wildman–Crippen LogP) is 3.64. The number of rotatable bonds is 7. The van der Waals surface area contributed by atoms with E-state index in [1.807, 2.05) is 23.1 Å². The van der Waals surface area contributed by atoms with Crippen molar-refractivity contribution in [2.45, 2.75) is 12.6 Å². The van der Waals surface area contributed by atoms with E-state index in [2.05, 4.69) is 9.88 Å². The van der Waals surface area contributed by atoms with E-state index in [0.29, 0.717) is 35.7 Å². The van der Waals surface area contributed by atoms with Gasteiger partial charge in [0.25, 0.3) is 0 Å². The van der Waals surface area contributed by atoms with Crippen molar-refractivity contribution in [2.24, 2.45) is 0 Å². The molecule has 0 amide bonds. The van der Waals surface area contributed by atoms with Gasteiger partial charge in [0.05, 0.1) is 19.9 Å². The SMILES string of the molecule is COc1cccc(CN2CCN(c3c(F)cccc3C(O)c3cccnc3)CC2)c1OC. The highest BCUT2D eigenvalue weighted by Gasteiger charge is 2.26. The fraction of sp³-hybridized carbons (Fsp3) is 0.320. The number of aliphatic hydroxyl groups excluding tert-OH is 1. The van der Waals surface area contributed by atoms with E-state index < -0.39 is 6.10 Å². The van der Waals surface area contributed by atoms with Crippen LogP contribution in [0.2, 0.25) is 0 Å². The van der Waals surface area contributed by atoms with Gasteiger partial charge in [-0.1, -0.05) is 30.3 Å². The van der Waals surface area contributed by atoms with Gasteiger partial charge < -0.3 is 19.5 Å². The summed E-state index contributed by atoms with van der Waals surface area (Å²) in [4.78, 5) is 8.41. The normalized spacial score (nSPS) is 15.4. The molecule has 0 aliphatic carbocycles. The molecule has 0 spiro atoms. The number of hydrogen-bond donors (Lipinski definition) is 1. The standard InChI is InChI=1S/C25H28FN3O3/c1-31-22-10-3-6-19(25(22)32-2)17-28-12-14-29(15-13-28)23-20(8-4-9-21(23)26)24(30)18-7-5-11-27-16-18/h3-11,16,24,30H,12-15,17H2,1-2H3. The number of methoxy groups -OCH3 is 2. The summed E-state index contributed by atoms with van der Waals surface area (Å²) in [5.41, 5.74) is 2.71. The second-order valence-corrected chi connectivity index (χ2v) is 7.78. The Bertz CT molecular complexity index is 1040. The Morgan fingerprint density at radius 1 is 1.00 bits per heavy atom. The third-order valence-electron chi connectivity index (χ3n) is 5.88. The average Bonchev–Trinajstić information content (AvgIpc) is 2.84. The Hall–Kier alpha value is -3.16. The molecule has 1 aliphatic heterocycles. The molecular weight excluding hydrogens is 409 g/mol. The van der Waals surface area contributed by atoms with Crippen molar-refractivity contribution in [1.29, 1.82) is 0 Å². The molecule has 1 fully saturated rings. The van der Waals surface area contributed by atoms with Crippen molar-refractivity contribution >= 4 is 5.69 Å². The highest BCUT2D eigenvalue weighted by Crippen LogP contribution is 2.34. The van der Waals surface area contributed by atoms with Crippen molar-refractivity contribution in [1.82, 2.24) is 9.88 Å². The van der Waals surface area contributed by atoms with E-state index in [4.69, 9.17) is 9.47 Å². The first-order valence-electron chi connectivity index (χ1n) is 10.7. The highest BCUT2D eigenvalue weighted by molar-refractivity contribution is 5.58. The molecule has 1 aromatic heterocycles. The summed E-state index contributed by atoms with van der Waals surface area (Å²) in [7, 11) is 3.28. The summed E-state index contributed by atoms with van der Waals surface area (Å²) in [6.45, 7) is 3.55. The maximum absolute atomic E-state index is 14.9. The van der Waals surface area contributed by atoms with Gasteiger partial charge in [0.15, 0.2) is 11.5 Å². The lowest BCUT2D eigenvalue weighted by atomic mass is 9.99. The summed E-state index contributed by atoms with van der Waals surface area (Å²) < 4.78 is 25.9. The Morgan fingerprint density at radius 2 is 1.78 bits per heavy atom. The van der Waals surface area contributed by atoms with Crippen LogP contribution in [0.5, 0.6) is 11.5 Å². The van der Waals surface area contributed by atoms with E-state index in [0.717, 1.165) is 30.9 Å². The van der Waals surface area contributed by atoms with Gasteiger partial charge >= 0.3 is 0 Å². The topological polar surface area (TPSA) is 58.1 Å². The Labute approximate surface area is 187 Å². The van der Waals surface area contributed by atoms with Crippen LogP contribution in [0.15, 0.2) is 60.9 Å². The summed E-state index contributed by atoms with van der Waals surface area (Å²) in [6, 6.07) is 14.3. The molecule has 168 valence electrons. The van der Waals surface area contributed by atoms with Crippen molar-refractivity contribution < 1.29 is 19.0 Å². The first kappa shape index (κ1) is 22.0. The molecule has 0 radical (unpaired) electrons. The highest BCUT2D eigenvalue weighted by atomic mass is 19.1. The van der Waals surface area contributed by atoms with Crippen LogP contribution >= 0.6 is 0 Å². The maximum atomic E-state index is 14.9. The van der Waals surface area contributed by atoms with Crippen LogP contribution in [0.1, 0.15) is 22.8 Å². The summed E-state index contributed by atoms with van der Waals surface area (Å²) in [5.74, 6) is 1.13. The van der Waals surface area contributed by atoms with E-state index in [1.165, 1.54) is 6.07 Å². The summed E-state index contributed by atoms with van der Waals surface area (Å²) in [5, 5.41) is 10.9. The zero-order valence-electron chi connectivity index (χ0n) is 18.4. The molecule has 3 aromatic rings. The fourth-order valence-corrected chi connectivity index (χ4v) is 4.25. The van der Waals surface area contributed by atoms with Gasteiger partial charge in [-0.05, 0) is 18.2 Å². The molecule has 6 nitrogen and oxygen atoms in total. The van der Waals surface area contributed by atoms with Gasteiger partial charge in [-0.3, -0.25) is 9.88 Å². The number of ether oxygens (including phenoxy) is 2. The van der Waals surface area contributed by atoms with Gasteiger partial charge in [-0.25, -0.2) is 4.39 Å². The fourth-order valence-electron chi connectivity index (χ4n) is 4.25. The first-order valence-corrected chi connectivity index (χ1v) is 10.7. The predicted molar refractivity (Wildman–Crippen MR) is 122 cm³/mol. The summed E-state index contributed by atoms with van der Waals surface area (Å²) >= 11 is 0. The second-order valence-electron chi connectivity index (χ2n) is 7.78. The number of halogens is 1. The molecular formula is C25H28FN3O3. The molecule has 0 saturated carbocycles. The number of para-hydroxylation sites is 2. The Kier molecular flexibility index (Phi) is 6.87. The second kappa shape index (κ2) is 9.97. The van der Waals surface area contributed by atoms with Crippen LogP contribution in [0.4, 0.5) is 10.1 Å². The Morgan fingerprint density at radius 3 is 2.47 bits per heavy atom. The minimum atomic E-state index is -0.937. The van der Waals surface area contributed by atoms with Gasteiger partial charge in [0, 0.05) is 61.8 Å². The van der Waals surface area contributed by atoms with Crippen molar-refractivity contribution in [3.8, 4) is 11.5 Å².